The van der Waals surface area contributed by atoms with Crippen LogP contribution in [0.5, 0.6) is 5.75 Å². The first-order chi connectivity index (χ1) is 9.67. The Balaban J connectivity index is 2.05. The van der Waals surface area contributed by atoms with Gasteiger partial charge in [-0.25, -0.2) is 0 Å². The van der Waals surface area contributed by atoms with Gasteiger partial charge < -0.3 is 9.72 Å². The van der Waals surface area contributed by atoms with Gasteiger partial charge >= 0.3 is 0 Å². The lowest BCUT2D eigenvalue weighted by atomic mass is 10.1. The van der Waals surface area contributed by atoms with Crippen molar-refractivity contribution in [3.05, 3.63) is 54.1 Å². The van der Waals surface area contributed by atoms with Gasteiger partial charge in [0, 0.05) is 22.2 Å². The summed E-state index contributed by atoms with van der Waals surface area (Å²) >= 11 is 0. The van der Waals surface area contributed by atoms with E-state index in [0.717, 1.165) is 33.5 Å². The number of hydrogen-bond donors (Lipinski definition) is 1. The van der Waals surface area contributed by atoms with E-state index in [1.54, 1.807) is 14.0 Å². The molecular formula is C17H15NO2. The average molecular weight is 265 g/mol. The van der Waals surface area contributed by atoms with Crippen molar-refractivity contribution in [1.82, 2.24) is 4.98 Å². The first-order valence-corrected chi connectivity index (χ1v) is 6.45. The molecule has 3 aromatic rings. The Hall–Kier alpha value is -2.55. The number of nitrogens with one attached hydrogen (secondary N) is 1. The molecule has 3 nitrogen and oxygen atoms in total. The number of hydrogen-bond acceptors (Lipinski definition) is 2. The molecule has 0 aliphatic rings. The number of fused-ring (bicyclic) bond motifs is 1. The van der Waals surface area contributed by atoms with Crippen LogP contribution < -0.4 is 4.74 Å². The number of benzene rings is 2. The van der Waals surface area contributed by atoms with Crippen LogP contribution in [0.1, 0.15) is 17.3 Å². The zero-order chi connectivity index (χ0) is 14.1. The number of rotatable bonds is 3. The standard InChI is InChI=1S/C17H15NO2/c1-11(19)13-5-8-16-14(9-13)10-17(18-16)12-3-6-15(20-2)7-4-12/h3-10,18H,1-2H3. The van der Waals surface area contributed by atoms with Gasteiger partial charge in [-0.3, -0.25) is 4.79 Å². The molecule has 0 aliphatic carbocycles. The van der Waals surface area contributed by atoms with Gasteiger partial charge in [-0.05, 0) is 61.0 Å². The SMILES string of the molecule is COc1ccc(-c2cc3cc(C(C)=O)ccc3[nH]2)cc1. The molecule has 3 heteroatoms. The first kappa shape index (κ1) is 12.5. The average Bonchev–Trinajstić information content (AvgIpc) is 2.90. The lowest BCUT2D eigenvalue weighted by Crippen LogP contribution is -1.89. The van der Waals surface area contributed by atoms with Gasteiger partial charge in [0.05, 0.1) is 7.11 Å². The normalized spacial score (nSPS) is 10.7. The minimum absolute atomic E-state index is 0.0825. The van der Waals surface area contributed by atoms with Crippen molar-refractivity contribution in [3.8, 4) is 17.0 Å². The summed E-state index contributed by atoms with van der Waals surface area (Å²) in [6, 6.07) is 15.7. The Kier molecular flexibility index (Phi) is 3.03. The summed E-state index contributed by atoms with van der Waals surface area (Å²) in [4.78, 5) is 14.8. The molecule has 3 rings (SSSR count). The van der Waals surface area contributed by atoms with Crippen LogP contribution in [0, 0.1) is 0 Å². The summed E-state index contributed by atoms with van der Waals surface area (Å²) in [5.41, 5.74) is 3.88. The highest BCUT2D eigenvalue weighted by atomic mass is 16.5. The van der Waals surface area contributed by atoms with E-state index in [1.165, 1.54) is 0 Å². The minimum Gasteiger partial charge on any atom is -0.497 e. The topological polar surface area (TPSA) is 42.1 Å². The molecule has 100 valence electrons. The van der Waals surface area contributed by atoms with Crippen molar-refractivity contribution in [2.75, 3.05) is 7.11 Å². The Morgan fingerprint density at radius 3 is 2.45 bits per heavy atom. The quantitative estimate of drug-likeness (QED) is 0.726. The number of methoxy groups -OCH3 is 1. The van der Waals surface area contributed by atoms with Crippen LogP contribution in [0.2, 0.25) is 0 Å². The van der Waals surface area contributed by atoms with E-state index in [9.17, 15) is 4.79 Å². The lowest BCUT2D eigenvalue weighted by molar-refractivity contribution is 0.101. The molecule has 0 unspecified atom stereocenters. The fourth-order valence-corrected chi connectivity index (χ4v) is 2.28. The highest BCUT2D eigenvalue weighted by Gasteiger charge is 2.06. The van der Waals surface area contributed by atoms with Gasteiger partial charge in [0.25, 0.3) is 0 Å². The predicted octanol–water partition coefficient (Wildman–Crippen LogP) is 4.05. The van der Waals surface area contributed by atoms with E-state index < -0.39 is 0 Å². The summed E-state index contributed by atoms with van der Waals surface area (Å²) in [7, 11) is 1.65. The third kappa shape index (κ3) is 2.18. The molecule has 0 bridgehead atoms. The minimum atomic E-state index is 0.0825. The Bertz CT molecular complexity index is 769. The van der Waals surface area contributed by atoms with Crippen LogP contribution in [0.15, 0.2) is 48.5 Å². The molecule has 0 saturated heterocycles. The Morgan fingerprint density at radius 2 is 1.80 bits per heavy atom. The zero-order valence-corrected chi connectivity index (χ0v) is 11.4. The number of H-pyrrole nitrogens is 1. The smallest absolute Gasteiger partial charge is 0.159 e. The molecule has 1 N–H and O–H groups in total. The summed E-state index contributed by atoms with van der Waals surface area (Å²) in [5, 5.41) is 1.04. The van der Waals surface area contributed by atoms with Crippen LogP contribution in [-0.2, 0) is 0 Å². The molecule has 2 aromatic carbocycles. The highest BCUT2D eigenvalue weighted by Crippen LogP contribution is 2.26. The maximum atomic E-state index is 11.4. The summed E-state index contributed by atoms with van der Waals surface area (Å²) in [6.07, 6.45) is 0. The van der Waals surface area contributed by atoms with E-state index in [2.05, 4.69) is 11.1 Å². The van der Waals surface area contributed by atoms with Crippen LogP contribution in [0.25, 0.3) is 22.2 Å². The third-order valence-electron chi connectivity index (χ3n) is 3.43. The molecule has 0 atom stereocenters. The Morgan fingerprint density at radius 1 is 1.05 bits per heavy atom. The summed E-state index contributed by atoms with van der Waals surface area (Å²) < 4.78 is 5.16. The molecule has 0 aliphatic heterocycles. The van der Waals surface area contributed by atoms with Crippen LogP contribution >= 0.6 is 0 Å². The number of aromatic nitrogens is 1. The first-order valence-electron chi connectivity index (χ1n) is 6.45. The fourth-order valence-electron chi connectivity index (χ4n) is 2.28. The number of ketones is 1. The van der Waals surface area contributed by atoms with Gasteiger partial charge in [0.15, 0.2) is 5.78 Å². The number of carbonyl (C=O) groups excluding carboxylic acids is 1. The second kappa shape index (κ2) is 4.85. The van der Waals surface area contributed by atoms with Gasteiger partial charge in [-0.15, -0.1) is 0 Å². The molecular weight excluding hydrogens is 250 g/mol. The molecule has 0 amide bonds. The second-order valence-electron chi connectivity index (χ2n) is 4.77. The van der Waals surface area contributed by atoms with E-state index in [1.807, 2.05) is 42.5 Å². The van der Waals surface area contributed by atoms with Crippen molar-refractivity contribution in [2.45, 2.75) is 6.92 Å². The summed E-state index contributed by atoms with van der Waals surface area (Å²) in [6.45, 7) is 1.58. The summed E-state index contributed by atoms with van der Waals surface area (Å²) in [5.74, 6) is 0.919. The number of Topliss-reactive ketones (excluding diaryl/α,β-unsaturated/α-hetero) is 1. The van der Waals surface area contributed by atoms with E-state index in [4.69, 9.17) is 4.74 Å². The van der Waals surface area contributed by atoms with Crippen LogP contribution in [0.3, 0.4) is 0 Å². The lowest BCUT2D eigenvalue weighted by Gasteiger charge is -2.01. The highest BCUT2D eigenvalue weighted by molar-refractivity contribution is 5.98. The van der Waals surface area contributed by atoms with Crippen molar-refractivity contribution in [2.24, 2.45) is 0 Å². The molecule has 1 aromatic heterocycles. The van der Waals surface area contributed by atoms with Gasteiger partial charge in [0.1, 0.15) is 5.75 Å². The molecule has 0 radical (unpaired) electrons. The fraction of sp³-hybridized carbons (Fsp3) is 0.118. The monoisotopic (exact) mass is 265 g/mol. The Labute approximate surface area is 117 Å². The van der Waals surface area contributed by atoms with Crippen molar-refractivity contribution in [1.29, 1.82) is 0 Å². The predicted molar refractivity (Wildman–Crippen MR) is 80.3 cm³/mol. The number of aromatic amines is 1. The molecule has 0 spiro atoms. The van der Waals surface area contributed by atoms with Gasteiger partial charge in [0.2, 0.25) is 0 Å². The van der Waals surface area contributed by atoms with E-state index in [-0.39, 0.29) is 5.78 Å². The van der Waals surface area contributed by atoms with Crippen LogP contribution in [-0.4, -0.2) is 17.9 Å². The molecule has 0 saturated carbocycles. The second-order valence-corrected chi connectivity index (χ2v) is 4.77. The van der Waals surface area contributed by atoms with Gasteiger partial charge in [-0.1, -0.05) is 0 Å². The maximum absolute atomic E-state index is 11.4. The number of ether oxygens (including phenoxy) is 1. The molecule has 1 heterocycles. The van der Waals surface area contributed by atoms with Crippen molar-refractivity contribution in [3.63, 3.8) is 0 Å². The van der Waals surface area contributed by atoms with Gasteiger partial charge in [-0.2, -0.15) is 0 Å². The van der Waals surface area contributed by atoms with Crippen LogP contribution in [0.4, 0.5) is 0 Å². The third-order valence-corrected chi connectivity index (χ3v) is 3.43. The van der Waals surface area contributed by atoms with E-state index >= 15 is 0 Å². The molecule has 0 fully saturated rings. The van der Waals surface area contributed by atoms with Crippen molar-refractivity contribution < 1.29 is 9.53 Å². The maximum Gasteiger partial charge on any atom is 0.159 e. The number of carbonyl (C=O) groups is 1. The van der Waals surface area contributed by atoms with E-state index in [0.29, 0.717) is 0 Å². The zero-order valence-electron chi connectivity index (χ0n) is 11.4. The van der Waals surface area contributed by atoms with Crippen molar-refractivity contribution >= 4 is 16.7 Å². The largest absolute Gasteiger partial charge is 0.497 e. The molecule has 20 heavy (non-hydrogen) atoms.